The molecule has 1 N–H and O–H groups in total. The van der Waals surface area contributed by atoms with Crippen LogP contribution in [0.1, 0.15) is 16.2 Å². The number of nitrogens with zero attached hydrogens (tertiary/aromatic N) is 2. The molecule has 0 unspecified atom stereocenters. The van der Waals surface area contributed by atoms with Crippen LogP contribution in [-0.2, 0) is 22.7 Å². The average molecular weight is 363 g/mol. The number of thiophene rings is 2. The Hall–Kier alpha value is -2.19. The first-order valence-corrected chi connectivity index (χ1v) is 9.29. The van der Waals surface area contributed by atoms with Crippen LogP contribution in [0.3, 0.4) is 0 Å². The van der Waals surface area contributed by atoms with Gasteiger partial charge in [0.25, 0.3) is 0 Å². The van der Waals surface area contributed by atoms with Crippen molar-refractivity contribution in [2.24, 2.45) is 0 Å². The standard InChI is InChI=1S/C16H17N3O3S2/c20-14-5-6-18(16(22)17-14)11-15(21)19(9-12-3-1-7-23-12)10-13-4-2-8-24-13/h1-4,7-8H,5-6,9-11H2,(H,17,20,22). The summed E-state index contributed by atoms with van der Waals surface area (Å²) < 4.78 is 0. The summed E-state index contributed by atoms with van der Waals surface area (Å²) in [6, 6.07) is 7.40. The number of urea groups is 1. The normalized spacial score (nSPS) is 14.6. The topological polar surface area (TPSA) is 69.7 Å². The molecular weight excluding hydrogens is 346 g/mol. The molecule has 126 valence electrons. The van der Waals surface area contributed by atoms with Crippen LogP contribution >= 0.6 is 22.7 Å². The van der Waals surface area contributed by atoms with Gasteiger partial charge >= 0.3 is 6.03 Å². The van der Waals surface area contributed by atoms with E-state index < -0.39 is 6.03 Å². The number of imide groups is 1. The molecule has 2 aromatic heterocycles. The van der Waals surface area contributed by atoms with Gasteiger partial charge in [0.05, 0.1) is 13.1 Å². The summed E-state index contributed by atoms with van der Waals surface area (Å²) in [4.78, 5) is 41.1. The molecule has 0 aliphatic carbocycles. The van der Waals surface area contributed by atoms with Crippen molar-refractivity contribution >= 4 is 40.5 Å². The molecule has 8 heteroatoms. The van der Waals surface area contributed by atoms with Crippen LogP contribution < -0.4 is 5.32 Å². The van der Waals surface area contributed by atoms with Gasteiger partial charge in [0, 0.05) is 22.7 Å². The van der Waals surface area contributed by atoms with Gasteiger partial charge in [0.15, 0.2) is 0 Å². The molecular formula is C16H17N3O3S2. The first kappa shape index (κ1) is 16.7. The largest absolute Gasteiger partial charge is 0.331 e. The van der Waals surface area contributed by atoms with Crippen LogP contribution in [0.4, 0.5) is 4.79 Å². The van der Waals surface area contributed by atoms with Crippen LogP contribution in [0.25, 0.3) is 0 Å². The van der Waals surface area contributed by atoms with Gasteiger partial charge in [0.1, 0.15) is 6.54 Å². The summed E-state index contributed by atoms with van der Waals surface area (Å²) in [6.07, 6.45) is 0.231. The van der Waals surface area contributed by atoms with Crippen molar-refractivity contribution in [1.29, 1.82) is 0 Å². The Balaban J connectivity index is 1.68. The third-order valence-electron chi connectivity index (χ3n) is 3.67. The molecule has 4 amide bonds. The van der Waals surface area contributed by atoms with Gasteiger partial charge in [-0.1, -0.05) is 12.1 Å². The SMILES string of the molecule is O=C1CCN(CC(=O)N(Cc2cccs2)Cc2cccs2)C(=O)N1. The van der Waals surface area contributed by atoms with Gasteiger partial charge in [-0.05, 0) is 22.9 Å². The number of hydrogen-bond donors (Lipinski definition) is 1. The molecule has 0 radical (unpaired) electrons. The van der Waals surface area contributed by atoms with E-state index in [1.165, 1.54) is 4.90 Å². The number of nitrogens with one attached hydrogen (secondary N) is 1. The fourth-order valence-electron chi connectivity index (χ4n) is 2.43. The predicted octanol–water partition coefficient (Wildman–Crippen LogP) is 2.28. The number of carbonyl (C=O) groups excluding carboxylic acids is 3. The monoisotopic (exact) mass is 363 g/mol. The number of hydrogen-bond acceptors (Lipinski definition) is 5. The van der Waals surface area contributed by atoms with Crippen LogP contribution in [0.2, 0.25) is 0 Å². The van der Waals surface area contributed by atoms with E-state index in [1.54, 1.807) is 27.6 Å². The van der Waals surface area contributed by atoms with Gasteiger partial charge in [-0.25, -0.2) is 4.79 Å². The maximum absolute atomic E-state index is 12.7. The molecule has 1 saturated heterocycles. The van der Waals surface area contributed by atoms with E-state index in [0.717, 1.165) is 9.75 Å². The first-order chi connectivity index (χ1) is 11.6. The fraction of sp³-hybridized carbons (Fsp3) is 0.312. The highest BCUT2D eigenvalue weighted by Crippen LogP contribution is 2.17. The molecule has 0 bridgehead atoms. The Morgan fingerprint density at radius 2 is 1.75 bits per heavy atom. The second-order valence-corrected chi connectivity index (χ2v) is 7.50. The summed E-state index contributed by atoms with van der Waals surface area (Å²) in [5, 5.41) is 6.20. The molecule has 2 aromatic rings. The van der Waals surface area contributed by atoms with Gasteiger partial charge in [-0.3, -0.25) is 14.9 Å². The lowest BCUT2D eigenvalue weighted by atomic mass is 10.3. The van der Waals surface area contributed by atoms with E-state index in [0.29, 0.717) is 13.1 Å². The lowest BCUT2D eigenvalue weighted by Crippen LogP contribution is -2.52. The first-order valence-electron chi connectivity index (χ1n) is 7.53. The molecule has 1 fully saturated rings. The molecule has 1 aliphatic heterocycles. The van der Waals surface area contributed by atoms with Crippen molar-refractivity contribution in [3.8, 4) is 0 Å². The number of amides is 4. The molecule has 6 nitrogen and oxygen atoms in total. The Labute approximate surface area is 147 Å². The summed E-state index contributed by atoms with van der Waals surface area (Å²) in [7, 11) is 0. The summed E-state index contributed by atoms with van der Waals surface area (Å²) in [6.45, 7) is 1.30. The van der Waals surface area contributed by atoms with Crippen LogP contribution in [0, 0.1) is 0 Å². The zero-order valence-corrected chi connectivity index (χ0v) is 14.6. The predicted molar refractivity (Wildman–Crippen MR) is 92.6 cm³/mol. The zero-order chi connectivity index (χ0) is 16.9. The van der Waals surface area contributed by atoms with Gasteiger partial charge < -0.3 is 9.80 Å². The summed E-state index contributed by atoms with van der Waals surface area (Å²) in [5.74, 6) is -0.418. The second-order valence-electron chi connectivity index (χ2n) is 5.43. The Morgan fingerprint density at radius 1 is 1.12 bits per heavy atom. The highest BCUT2D eigenvalue weighted by molar-refractivity contribution is 7.10. The molecule has 0 spiro atoms. The highest BCUT2D eigenvalue weighted by Gasteiger charge is 2.27. The third-order valence-corrected chi connectivity index (χ3v) is 5.40. The minimum absolute atomic E-state index is 0.0180. The van der Waals surface area contributed by atoms with E-state index >= 15 is 0 Å². The molecule has 0 aromatic carbocycles. The van der Waals surface area contributed by atoms with Gasteiger partial charge in [-0.15, -0.1) is 22.7 Å². The smallest absolute Gasteiger partial charge is 0.324 e. The minimum atomic E-state index is -0.494. The second kappa shape index (κ2) is 7.59. The molecule has 0 saturated carbocycles. The van der Waals surface area contributed by atoms with E-state index in [2.05, 4.69) is 5.32 Å². The Morgan fingerprint density at radius 3 is 2.25 bits per heavy atom. The number of rotatable bonds is 6. The van der Waals surface area contributed by atoms with E-state index in [1.807, 2.05) is 35.0 Å². The van der Waals surface area contributed by atoms with Crippen molar-refractivity contribution in [3.63, 3.8) is 0 Å². The quantitative estimate of drug-likeness (QED) is 0.856. The van der Waals surface area contributed by atoms with E-state index in [-0.39, 0.29) is 31.3 Å². The van der Waals surface area contributed by atoms with E-state index in [4.69, 9.17) is 0 Å². The maximum Gasteiger partial charge on any atom is 0.324 e. The molecule has 0 atom stereocenters. The van der Waals surface area contributed by atoms with Crippen molar-refractivity contribution in [2.45, 2.75) is 19.5 Å². The minimum Gasteiger partial charge on any atom is -0.331 e. The van der Waals surface area contributed by atoms with Gasteiger partial charge in [0.2, 0.25) is 11.8 Å². The number of carbonyl (C=O) groups is 3. The molecule has 24 heavy (non-hydrogen) atoms. The lowest BCUT2D eigenvalue weighted by molar-refractivity contribution is -0.134. The Bertz CT molecular complexity index is 677. The maximum atomic E-state index is 12.7. The van der Waals surface area contributed by atoms with Crippen molar-refractivity contribution < 1.29 is 14.4 Å². The molecule has 3 heterocycles. The fourth-order valence-corrected chi connectivity index (χ4v) is 3.87. The van der Waals surface area contributed by atoms with Gasteiger partial charge in [-0.2, -0.15) is 0 Å². The summed E-state index contributed by atoms with van der Waals surface area (Å²) >= 11 is 3.20. The Kier molecular flexibility index (Phi) is 5.27. The van der Waals surface area contributed by atoms with Crippen molar-refractivity contribution in [1.82, 2.24) is 15.1 Å². The van der Waals surface area contributed by atoms with E-state index in [9.17, 15) is 14.4 Å². The van der Waals surface area contributed by atoms with Crippen molar-refractivity contribution in [3.05, 3.63) is 44.8 Å². The van der Waals surface area contributed by atoms with Crippen molar-refractivity contribution in [2.75, 3.05) is 13.1 Å². The lowest BCUT2D eigenvalue weighted by Gasteiger charge is -2.29. The average Bonchev–Trinajstić information content (AvgIpc) is 3.23. The molecule has 1 aliphatic rings. The third kappa shape index (κ3) is 4.21. The molecule has 3 rings (SSSR count). The highest BCUT2D eigenvalue weighted by atomic mass is 32.1. The van der Waals surface area contributed by atoms with Crippen LogP contribution in [0.5, 0.6) is 0 Å². The summed E-state index contributed by atoms with van der Waals surface area (Å²) in [5.41, 5.74) is 0. The zero-order valence-electron chi connectivity index (χ0n) is 12.9. The van der Waals surface area contributed by atoms with Crippen LogP contribution in [0.15, 0.2) is 35.0 Å². The van der Waals surface area contributed by atoms with Crippen LogP contribution in [-0.4, -0.2) is 40.7 Å².